The van der Waals surface area contributed by atoms with Gasteiger partial charge in [0.25, 0.3) is 5.69 Å². The van der Waals surface area contributed by atoms with Gasteiger partial charge in [-0.2, -0.15) is 0 Å². The minimum atomic E-state index is -3.97. The van der Waals surface area contributed by atoms with Crippen molar-refractivity contribution in [2.75, 3.05) is 36.0 Å². The van der Waals surface area contributed by atoms with Gasteiger partial charge in [0.1, 0.15) is 11.6 Å². The fourth-order valence-corrected chi connectivity index (χ4v) is 5.39. The topological polar surface area (TPSA) is 109 Å². The highest BCUT2D eigenvalue weighted by Crippen LogP contribution is 2.26. The predicted molar refractivity (Wildman–Crippen MR) is 132 cm³/mol. The molecule has 1 aliphatic heterocycles. The van der Waals surface area contributed by atoms with E-state index >= 15 is 0 Å². The number of nitro groups is 1. The molecule has 1 fully saturated rings. The molecule has 1 saturated heterocycles. The largest absolute Gasteiger partial charge is 0.368 e. The minimum Gasteiger partial charge on any atom is -0.368 e. The monoisotopic (exact) mass is 499 g/mol. The molecule has 0 radical (unpaired) electrons. The van der Waals surface area contributed by atoms with Crippen molar-refractivity contribution in [1.29, 1.82) is 0 Å². The molecule has 0 atom stereocenters. The van der Waals surface area contributed by atoms with Crippen molar-refractivity contribution in [2.45, 2.75) is 25.3 Å². The SMILES string of the molecule is Cc1cc([N+](=O)[O-])cc(S(=O)(=O)NCc2ccnc(N3CCN(c4ccc(F)cc4)CC3)c2)c1C. The quantitative estimate of drug-likeness (QED) is 0.391. The molecule has 0 amide bonds. The summed E-state index contributed by atoms with van der Waals surface area (Å²) in [4.78, 5) is 19.2. The van der Waals surface area contributed by atoms with Gasteiger partial charge in [0.15, 0.2) is 0 Å². The summed E-state index contributed by atoms with van der Waals surface area (Å²) in [6.07, 6.45) is 1.63. The van der Waals surface area contributed by atoms with Gasteiger partial charge >= 0.3 is 0 Å². The fourth-order valence-electron chi connectivity index (χ4n) is 4.04. The molecule has 0 unspecified atom stereocenters. The van der Waals surface area contributed by atoms with Gasteiger partial charge in [-0.05, 0) is 66.9 Å². The van der Waals surface area contributed by atoms with E-state index in [2.05, 4.69) is 19.5 Å². The van der Waals surface area contributed by atoms with Gasteiger partial charge in [-0.3, -0.25) is 10.1 Å². The maximum absolute atomic E-state index is 13.2. The Morgan fingerprint density at radius 3 is 2.34 bits per heavy atom. The van der Waals surface area contributed by atoms with Crippen molar-refractivity contribution in [3.05, 3.63) is 87.3 Å². The van der Waals surface area contributed by atoms with Gasteiger partial charge in [0.2, 0.25) is 10.0 Å². The zero-order chi connectivity index (χ0) is 25.2. The summed E-state index contributed by atoms with van der Waals surface area (Å²) in [5.41, 5.74) is 2.43. The van der Waals surface area contributed by atoms with Crippen LogP contribution in [-0.4, -0.2) is 44.5 Å². The third-order valence-corrected chi connectivity index (χ3v) is 7.70. The molecule has 9 nitrogen and oxygen atoms in total. The fraction of sp³-hybridized carbons (Fsp3) is 0.292. The molecular weight excluding hydrogens is 473 g/mol. The lowest BCUT2D eigenvalue weighted by molar-refractivity contribution is -0.385. The molecular formula is C24H26FN5O4S. The number of nitro benzene ring substituents is 1. The van der Waals surface area contributed by atoms with Crippen molar-refractivity contribution in [1.82, 2.24) is 9.71 Å². The highest BCUT2D eigenvalue weighted by molar-refractivity contribution is 7.89. The second-order valence-electron chi connectivity index (χ2n) is 8.44. The third kappa shape index (κ3) is 5.57. The molecule has 2 aromatic carbocycles. The van der Waals surface area contributed by atoms with Gasteiger partial charge in [-0.25, -0.2) is 22.5 Å². The number of sulfonamides is 1. The first-order chi connectivity index (χ1) is 16.6. The number of halogens is 1. The van der Waals surface area contributed by atoms with Crippen molar-refractivity contribution >= 4 is 27.2 Å². The second-order valence-corrected chi connectivity index (χ2v) is 10.2. The molecule has 2 heterocycles. The van der Waals surface area contributed by atoms with Gasteiger partial charge in [0, 0.05) is 56.7 Å². The van der Waals surface area contributed by atoms with Crippen LogP contribution in [0, 0.1) is 29.8 Å². The zero-order valence-electron chi connectivity index (χ0n) is 19.4. The Balaban J connectivity index is 1.43. The summed E-state index contributed by atoms with van der Waals surface area (Å²) < 4.78 is 41.6. The zero-order valence-corrected chi connectivity index (χ0v) is 20.3. The van der Waals surface area contributed by atoms with Crippen LogP contribution in [0.5, 0.6) is 0 Å². The van der Waals surface area contributed by atoms with E-state index in [0.29, 0.717) is 24.2 Å². The smallest absolute Gasteiger partial charge is 0.271 e. The van der Waals surface area contributed by atoms with Crippen LogP contribution in [0.15, 0.2) is 59.6 Å². The van der Waals surface area contributed by atoms with Gasteiger partial charge < -0.3 is 9.80 Å². The van der Waals surface area contributed by atoms with Crippen molar-refractivity contribution in [3.8, 4) is 0 Å². The van der Waals surface area contributed by atoms with Crippen LogP contribution in [0.4, 0.5) is 21.6 Å². The van der Waals surface area contributed by atoms with Gasteiger partial charge in [-0.1, -0.05) is 0 Å². The van der Waals surface area contributed by atoms with Crippen LogP contribution >= 0.6 is 0 Å². The van der Waals surface area contributed by atoms with E-state index in [9.17, 15) is 22.9 Å². The van der Waals surface area contributed by atoms with E-state index in [-0.39, 0.29) is 22.9 Å². The Hall–Kier alpha value is -3.57. The Labute approximate surface area is 203 Å². The summed E-state index contributed by atoms with van der Waals surface area (Å²) in [7, 11) is -3.97. The first kappa shape index (κ1) is 24.6. The molecule has 3 aromatic rings. The molecule has 4 rings (SSSR count). The summed E-state index contributed by atoms with van der Waals surface area (Å²) >= 11 is 0. The van der Waals surface area contributed by atoms with Gasteiger partial charge in [-0.15, -0.1) is 0 Å². The number of rotatable bonds is 7. The number of pyridine rings is 1. The molecule has 1 N–H and O–H groups in total. The molecule has 0 aliphatic carbocycles. The number of anilines is 2. The number of aromatic nitrogens is 1. The van der Waals surface area contributed by atoms with E-state index in [0.717, 1.165) is 36.2 Å². The number of benzene rings is 2. The van der Waals surface area contributed by atoms with Crippen LogP contribution in [0.25, 0.3) is 0 Å². The lowest BCUT2D eigenvalue weighted by Crippen LogP contribution is -2.46. The number of hydrogen-bond acceptors (Lipinski definition) is 7. The average molecular weight is 500 g/mol. The minimum absolute atomic E-state index is 0.0224. The van der Waals surface area contributed by atoms with Crippen molar-refractivity contribution in [2.24, 2.45) is 0 Å². The summed E-state index contributed by atoms with van der Waals surface area (Å²) in [5, 5.41) is 11.2. The Morgan fingerprint density at radius 2 is 1.69 bits per heavy atom. The third-order valence-electron chi connectivity index (χ3n) is 6.18. The molecule has 11 heteroatoms. The van der Waals surface area contributed by atoms with Crippen LogP contribution in [-0.2, 0) is 16.6 Å². The highest BCUT2D eigenvalue weighted by Gasteiger charge is 2.23. The Morgan fingerprint density at radius 1 is 1.03 bits per heavy atom. The van der Waals surface area contributed by atoms with E-state index in [1.54, 1.807) is 38.2 Å². The van der Waals surface area contributed by atoms with Crippen LogP contribution in [0.3, 0.4) is 0 Å². The number of nitrogens with zero attached hydrogens (tertiary/aromatic N) is 4. The Kier molecular flexibility index (Phi) is 6.99. The second kappa shape index (κ2) is 9.96. The van der Waals surface area contributed by atoms with Crippen LogP contribution < -0.4 is 14.5 Å². The maximum atomic E-state index is 13.2. The lowest BCUT2D eigenvalue weighted by atomic mass is 10.1. The maximum Gasteiger partial charge on any atom is 0.271 e. The summed E-state index contributed by atoms with van der Waals surface area (Å²) in [6, 6.07) is 12.4. The lowest BCUT2D eigenvalue weighted by Gasteiger charge is -2.36. The highest BCUT2D eigenvalue weighted by atomic mass is 32.2. The summed E-state index contributed by atoms with van der Waals surface area (Å²) in [6.45, 7) is 6.22. The normalized spacial score (nSPS) is 14.3. The van der Waals surface area contributed by atoms with Crippen molar-refractivity contribution in [3.63, 3.8) is 0 Å². The van der Waals surface area contributed by atoms with E-state index in [4.69, 9.17) is 0 Å². The standard InChI is InChI=1S/C24H26FN5O4S/c1-17-13-22(30(31)32)15-23(18(17)2)35(33,34)27-16-19-7-8-26-24(14-19)29-11-9-28(10-12-29)21-5-3-20(25)4-6-21/h3-8,13-15,27H,9-12,16H2,1-2H3. The van der Waals surface area contributed by atoms with E-state index in [1.165, 1.54) is 18.2 Å². The number of hydrogen-bond donors (Lipinski definition) is 1. The summed E-state index contributed by atoms with van der Waals surface area (Å²) in [5.74, 6) is 0.475. The Bertz CT molecular complexity index is 1340. The molecule has 184 valence electrons. The number of nitrogens with one attached hydrogen (secondary N) is 1. The van der Waals surface area contributed by atoms with Gasteiger partial charge in [0.05, 0.1) is 9.82 Å². The molecule has 35 heavy (non-hydrogen) atoms. The molecule has 0 spiro atoms. The number of piperazine rings is 1. The first-order valence-electron chi connectivity index (χ1n) is 11.1. The number of aryl methyl sites for hydroxylation is 1. The molecule has 0 saturated carbocycles. The number of non-ortho nitro benzene ring substituents is 1. The molecule has 0 bridgehead atoms. The first-order valence-corrected chi connectivity index (χ1v) is 12.6. The molecule has 1 aliphatic rings. The van der Waals surface area contributed by atoms with Crippen LogP contribution in [0.1, 0.15) is 16.7 Å². The average Bonchev–Trinajstić information content (AvgIpc) is 2.85. The van der Waals surface area contributed by atoms with Crippen molar-refractivity contribution < 1.29 is 17.7 Å². The predicted octanol–water partition coefficient (Wildman–Crippen LogP) is 3.55. The van der Waals surface area contributed by atoms with E-state index in [1.807, 2.05) is 6.07 Å². The molecule has 1 aromatic heterocycles. The van der Waals surface area contributed by atoms with Crippen LogP contribution in [0.2, 0.25) is 0 Å². The van der Waals surface area contributed by atoms with E-state index < -0.39 is 14.9 Å².